The fourth-order valence-corrected chi connectivity index (χ4v) is 8.08. The Morgan fingerprint density at radius 1 is 0.432 bits per heavy atom. The third-order valence-corrected chi connectivity index (χ3v) is 10.3. The minimum absolute atomic E-state index is 0.0837. The molecule has 212 valence electrons. The van der Waals surface area contributed by atoms with Crippen LogP contribution in [0.15, 0.2) is 133 Å². The van der Waals surface area contributed by atoms with Gasteiger partial charge in [0.1, 0.15) is 0 Å². The lowest BCUT2D eigenvalue weighted by molar-refractivity contribution is 0.593. The molecular weight excluding hydrogens is 532 g/mol. The first-order valence-corrected chi connectivity index (χ1v) is 15.6. The van der Waals surface area contributed by atoms with E-state index < -0.39 is 0 Å². The molecule has 2 nitrogen and oxygen atoms in total. The van der Waals surface area contributed by atoms with Crippen molar-refractivity contribution in [1.82, 2.24) is 4.57 Å². The zero-order chi connectivity index (χ0) is 29.8. The molecule has 0 fully saturated rings. The van der Waals surface area contributed by atoms with Crippen molar-refractivity contribution in [2.24, 2.45) is 0 Å². The molecule has 0 unspecified atom stereocenters. The Labute approximate surface area is 258 Å². The number of hydrogen-bond donors (Lipinski definition) is 0. The Kier molecular flexibility index (Phi) is 5.05. The van der Waals surface area contributed by atoms with E-state index in [1.54, 1.807) is 0 Å². The molecule has 6 aromatic carbocycles. The molecule has 0 spiro atoms. The summed E-state index contributed by atoms with van der Waals surface area (Å²) in [6, 6.07) is 49.2. The van der Waals surface area contributed by atoms with E-state index in [2.05, 4.69) is 171 Å². The maximum absolute atomic E-state index is 2.60. The van der Waals surface area contributed by atoms with Gasteiger partial charge >= 0.3 is 0 Å². The molecule has 0 amide bonds. The van der Waals surface area contributed by atoms with Crippen LogP contribution < -0.4 is 4.90 Å². The fraction of sp³-hybridized carbons (Fsp3) is 0.143. The Balaban J connectivity index is 1.39. The Bertz CT molecular complexity index is 2270. The summed E-state index contributed by atoms with van der Waals surface area (Å²) >= 11 is 0. The Hall–Kier alpha value is -5.08. The van der Waals surface area contributed by atoms with Crippen molar-refractivity contribution in [2.75, 3.05) is 4.90 Å². The minimum atomic E-state index is -0.175. The predicted molar refractivity (Wildman–Crippen MR) is 185 cm³/mol. The zero-order valence-corrected chi connectivity index (χ0v) is 25.6. The number of hydrogen-bond acceptors (Lipinski definition) is 1. The molecule has 0 saturated heterocycles. The van der Waals surface area contributed by atoms with Crippen molar-refractivity contribution < 1.29 is 0 Å². The molecule has 44 heavy (non-hydrogen) atoms. The molecule has 9 rings (SSSR count). The van der Waals surface area contributed by atoms with Crippen LogP contribution in [0.25, 0.3) is 38.6 Å². The first kappa shape index (κ1) is 25.4. The second-order valence-corrected chi connectivity index (χ2v) is 13.5. The lowest BCUT2D eigenvalue weighted by Gasteiger charge is -2.42. The molecule has 0 radical (unpaired) electrons. The van der Waals surface area contributed by atoms with Gasteiger partial charge in [0, 0.05) is 38.7 Å². The summed E-state index contributed by atoms with van der Waals surface area (Å²) in [5.41, 5.74) is 15.3. The number of fused-ring (bicyclic) bond motifs is 1. The van der Waals surface area contributed by atoms with Crippen molar-refractivity contribution in [3.63, 3.8) is 0 Å². The highest BCUT2D eigenvalue weighted by Gasteiger charge is 2.43. The van der Waals surface area contributed by atoms with Crippen LogP contribution in [0, 0.1) is 0 Å². The van der Waals surface area contributed by atoms with Gasteiger partial charge in [-0.05, 0) is 69.8 Å². The van der Waals surface area contributed by atoms with E-state index in [1.165, 1.54) is 66.6 Å². The summed E-state index contributed by atoms with van der Waals surface area (Å²) in [5.74, 6) is 0. The van der Waals surface area contributed by atoms with E-state index in [4.69, 9.17) is 0 Å². The summed E-state index contributed by atoms with van der Waals surface area (Å²) in [6.45, 7) is 9.61. The van der Waals surface area contributed by atoms with Gasteiger partial charge < -0.3 is 9.47 Å². The van der Waals surface area contributed by atoms with Crippen LogP contribution in [0.5, 0.6) is 0 Å². The smallest absolute Gasteiger partial charge is 0.0583 e. The van der Waals surface area contributed by atoms with Crippen LogP contribution >= 0.6 is 0 Å². The van der Waals surface area contributed by atoms with Crippen LogP contribution in [0.1, 0.15) is 49.9 Å². The predicted octanol–water partition coefficient (Wildman–Crippen LogP) is 11.2. The molecule has 3 heterocycles. The highest BCUT2D eigenvalue weighted by molar-refractivity contribution is 6.15. The maximum atomic E-state index is 2.60. The Morgan fingerprint density at radius 2 is 1.00 bits per heavy atom. The van der Waals surface area contributed by atoms with E-state index >= 15 is 0 Å². The van der Waals surface area contributed by atoms with E-state index in [1.807, 2.05) is 0 Å². The normalized spacial score (nSPS) is 15.2. The van der Waals surface area contributed by atoms with Gasteiger partial charge in [0.2, 0.25) is 0 Å². The molecule has 2 aliphatic rings. The van der Waals surface area contributed by atoms with Crippen molar-refractivity contribution in [3.05, 3.63) is 156 Å². The number of rotatable bonds is 4. The standard InChI is InChI=1S/C42H34N2/c1-41(2)34-21-12-20-32-33-25-31(26-37-39(33)44(38(32)34)40-35(41)22-13-23-36(40)42(37,3)4)43(29-17-9-6-10-18-29)30-19-11-16-28(24-30)27-14-7-5-8-15-27/h5-26H,1-4H3. The van der Waals surface area contributed by atoms with Crippen molar-refractivity contribution in [2.45, 2.75) is 38.5 Å². The summed E-state index contributed by atoms with van der Waals surface area (Å²) in [6.07, 6.45) is 0. The summed E-state index contributed by atoms with van der Waals surface area (Å²) < 4.78 is 2.60. The summed E-state index contributed by atoms with van der Waals surface area (Å²) in [7, 11) is 0. The first-order valence-electron chi connectivity index (χ1n) is 15.6. The van der Waals surface area contributed by atoms with Gasteiger partial charge in [0.15, 0.2) is 0 Å². The molecular formula is C42H34N2. The molecule has 1 aromatic heterocycles. The van der Waals surface area contributed by atoms with Gasteiger partial charge in [-0.2, -0.15) is 0 Å². The van der Waals surface area contributed by atoms with Gasteiger partial charge in [-0.1, -0.05) is 125 Å². The lowest BCUT2D eigenvalue weighted by Crippen LogP contribution is -2.33. The van der Waals surface area contributed by atoms with E-state index in [-0.39, 0.29) is 10.8 Å². The highest BCUT2D eigenvalue weighted by Crippen LogP contribution is 2.56. The topological polar surface area (TPSA) is 8.17 Å². The third kappa shape index (κ3) is 3.26. The van der Waals surface area contributed by atoms with E-state index in [0.717, 1.165) is 11.4 Å². The minimum Gasteiger partial charge on any atom is -0.310 e. The first-order chi connectivity index (χ1) is 21.4. The highest BCUT2D eigenvalue weighted by atomic mass is 15.1. The number of para-hydroxylation sites is 3. The molecule has 7 aromatic rings. The van der Waals surface area contributed by atoms with Crippen LogP contribution in [0.3, 0.4) is 0 Å². The summed E-state index contributed by atoms with van der Waals surface area (Å²) in [5, 5.41) is 2.65. The molecule has 0 saturated carbocycles. The van der Waals surface area contributed by atoms with Gasteiger partial charge in [0.25, 0.3) is 0 Å². The van der Waals surface area contributed by atoms with Crippen molar-refractivity contribution in [1.29, 1.82) is 0 Å². The number of aromatic nitrogens is 1. The fourth-order valence-electron chi connectivity index (χ4n) is 8.08. The third-order valence-electron chi connectivity index (χ3n) is 10.3. The maximum Gasteiger partial charge on any atom is 0.0583 e. The van der Waals surface area contributed by atoms with Crippen LogP contribution in [-0.2, 0) is 10.8 Å². The largest absolute Gasteiger partial charge is 0.310 e. The van der Waals surface area contributed by atoms with Crippen LogP contribution in [0.4, 0.5) is 17.1 Å². The van der Waals surface area contributed by atoms with Crippen LogP contribution in [-0.4, -0.2) is 4.57 Å². The molecule has 0 N–H and O–H groups in total. The van der Waals surface area contributed by atoms with Gasteiger partial charge in [0.05, 0.1) is 16.7 Å². The van der Waals surface area contributed by atoms with E-state index in [9.17, 15) is 0 Å². The number of anilines is 3. The molecule has 2 heteroatoms. The second-order valence-electron chi connectivity index (χ2n) is 13.5. The zero-order valence-electron chi connectivity index (χ0n) is 25.6. The van der Waals surface area contributed by atoms with Gasteiger partial charge in [-0.15, -0.1) is 0 Å². The average molecular weight is 567 g/mol. The van der Waals surface area contributed by atoms with Crippen molar-refractivity contribution >= 4 is 38.9 Å². The lowest BCUT2D eigenvalue weighted by atomic mass is 9.68. The second kappa shape index (κ2) is 8.74. The molecule has 0 bridgehead atoms. The quantitative estimate of drug-likeness (QED) is 0.206. The summed E-state index contributed by atoms with van der Waals surface area (Å²) in [4.78, 5) is 2.43. The Morgan fingerprint density at radius 3 is 1.75 bits per heavy atom. The molecule has 2 aliphatic heterocycles. The van der Waals surface area contributed by atoms with Gasteiger partial charge in [-0.25, -0.2) is 0 Å². The van der Waals surface area contributed by atoms with Gasteiger partial charge in [-0.3, -0.25) is 0 Å². The molecule has 0 aliphatic carbocycles. The monoisotopic (exact) mass is 566 g/mol. The number of nitrogens with zero attached hydrogens (tertiary/aromatic N) is 2. The number of benzene rings is 6. The van der Waals surface area contributed by atoms with Crippen molar-refractivity contribution in [3.8, 4) is 16.8 Å². The van der Waals surface area contributed by atoms with E-state index in [0.29, 0.717) is 0 Å². The molecule has 0 atom stereocenters. The van der Waals surface area contributed by atoms with Crippen LogP contribution in [0.2, 0.25) is 0 Å². The SMILES string of the molecule is CC1(C)c2cccc3c2-n2c4c1cccc4c1cc(N(c4ccccc4)c4cccc(-c5ccccc5)c4)cc(c12)C3(C)C. The average Bonchev–Trinajstić information content (AvgIpc) is 3.39.